The molecule has 0 bridgehead atoms. The maximum atomic E-state index is 12.2. The fourth-order valence-electron chi connectivity index (χ4n) is 1.74. The summed E-state index contributed by atoms with van der Waals surface area (Å²) < 4.78 is 26.7. The molecule has 0 amide bonds. The molecule has 0 radical (unpaired) electrons. The Morgan fingerprint density at radius 2 is 1.77 bits per heavy atom. The minimum Gasteiger partial charge on any atom is -0.258 e. The van der Waals surface area contributed by atoms with Crippen molar-refractivity contribution >= 4 is 38.9 Å². The molecule has 0 aromatic heterocycles. The Labute approximate surface area is 136 Å². The summed E-state index contributed by atoms with van der Waals surface area (Å²) in [5.74, 6) is 0. The molecule has 9 heteroatoms. The Bertz CT molecular complexity index is 825. The number of hydrogen-bond acceptors (Lipinski definition) is 4. The van der Waals surface area contributed by atoms with Crippen LogP contribution in [-0.4, -0.2) is 13.3 Å². The first kappa shape index (κ1) is 16.7. The van der Waals surface area contributed by atoms with Crippen molar-refractivity contribution in [2.45, 2.75) is 11.4 Å². The minimum absolute atomic E-state index is 0.0642. The van der Waals surface area contributed by atoms with Gasteiger partial charge in [0.1, 0.15) is 0 Å². The van der Waals surface area contributed by atoms with Gasteiger partial charge >= 0.3 is 0 Å². The van der Waals surface area contributed by atoms with E-state index >= 15 is 0 Å². The van der Waals surface area contributed by atoms with Crippen molar-refractivity contribution in [3.05, 3.63) is 68.2 Å². The van der Waals surface area contributed by atoms with E-state index in [4.69, 9.17) is 23.2 Å². The quantitative estimate of drug-likeness (QED) is 0.653. The molecule has 0 aliphatic rings. The largest absolute Gasteiger partial charge is 0.289 e. The Morgan fingerprint density at radius 3 is 2.41 bits per heavy atom. The van der Waals surface area contributed by atoms with Gasteiger partial charge in [0.05, 0.1) is 15.0 Å². The smallest absolute Gasteiger partial charge is 0.258 e. The number of para-hydroxylation sites is 1. The number of nitrogens with zero attached hydrogens (tertiary/aromatic N) is 1. The van der Waals surface area contributed by atoms with Gasteiger partial charge in [0, 0.05) is 12.6 Å². The van der Waals surface area contributed by atoms with E-state index in [0.717, 1.165) is 6.07 Å². The van der Waals surface area contributed by atoms with E-state index in [2.05, 4.69) is 4.72 Å². The lowest BCUT2D eigenvalue weighted by Gasteiger charge is -2.08. The van der Waals surface area contributed by atoms with Crippen molar-refractivity contribution in [3.63, 3.8) is 0 Å². The fourth-order valence-corrected chi connectivity index (χ4v) is 3.25. The van der Waals surface area contributed by atoms with Gasteiger partial charge in [0.25, 0.3) is 5.69 Å². The van der Waals surface area contributed by atoms with Crippen molar-refractivity contribution < 1.29 is 13.3 Å². The highest BCUT2D eigenvalue weighted by atomic mass is 35.5. The maximum absolute atomic E-state index is 12.2. The number of nitrogens with one attached hydrogen (secondary N) is 1. The number of benzene rings is 2. The van der Waals surface area contributed by atoms with E-state index in [9.17, 15) is 18.5 Å². The van der Waals surface area contributed by atoms with Gasteiger partial charge < -0.3 is 0 Å². The molecule has 2 aromatic carbocycles. The summed E-state index contributed by atoms with van der Waals surface area (Å²) in [7, 11) is -4.02. The third-order valence-electron chi connectivity index (χ3n) is 2.80. The minimum atomic E-state index is -4.02. The number of hydrogen-bond donors (Lipinski definition) is 1. The summed E-state index contributed by atoms with van der Waals surface area (Å²) in [6, 6.07) is 9.79. The molecule has 0 spiro atoms. The van der Waals surface area contributed by atoms with Gasteiger partial charge in [-0.3, -0.25) is 10.1 Å². The highest BCUT2D eigenvalue weighted by Gasteiger charge is 2.24. The molecular formula is C13H10Cl2N2O4S. The molecule has 0 heterocycles. The Kier molecular flexibility index (Phi) is 5.02. The Balaban J connectivity index is 2.25. The van der Waals surface area contributed by atoms with Crippen LogP contribution in [0.3, 0.4) is 0 Å². The molecule has 2 rings (SSSR count). The third kappa shape index (κ3) is 3.75. The van der Waals surface area contributed by atoms with Crippen molar-refractivity contribution in [3.8, 4) is 0 Å². The first-order valence-corrected chi connectivity index (χ1v) is 8.22. The van der Waals surface area contributed by atoms with Gasteiger partial charge in [0.2, 0.25) is 10.0 Å². The second-order valence-corrected chi connectivity index (χ2v) is 6.85. The van der Waals surface area contributed by atoms with Gasteiger partial charge in [-0.2, -0.15) is 0 Å². The SMILES string of the molecule is O=[N+]([O-])c1ccccc1S(=O)(=O)NCc1ccc(Cl)c(Cl)c1. The highest BCUT2D eigenvalue weighted by Crippen LogP contribution is 2.24. The molecule has 2 aromatic rings. The van der Waals surface area contributed by atoms with Gasteiger partial charge in [-0.25, -0.2) is 13.1 Å². The Morgan fingerprint density at radius 1 is 1.09 bits per heavy atom. The second kappa shape index (κ2) is 6.62. The maximum Gasteiger partial charge on any atom is 0.289 e. The van der Waals surface area contributed by atoms with Gasteiger partial charge in [-0.15, -0.1) is 0 Å². The summed E-state index contributed by atoms with van der Waals surface area (Å²) in [4.78, 5) is 9.77. The van der Waals surface area contributed by atoms with Crippen LogP contribution in [-0.2, 0) is 16.6 Å². The molecule has 0 aliphatic carbocycles. The van der Waals surface area contributed by atoms with Crippen LogP contribution in [0.1, 0.15) is 5.56 Å². The first-order valence-electron chi connectivity index (χ1n) is 5.98. The number of sulfonamides is 1. The summed E-state index contributed by atoms with van der Waals surface area (Å²) in [6.45, 7) is -0.0642. The summed E-state index contributed by atoms with van der Waals surface area (Å²) >= 11 is 11.6. The van der Waals surface area contributed by atoms with E-state index in [1.165, 1.54) is 24.3 Å². The van der Waals surface area contributed by atoms with Crippen LogP contribution in [0, 0.1) is 10.1 Å². The summed E-state index contributed by atoms with van der Waals surface area (Å²) in [6.07, 6.45) is 0. The molecule has 0 aliphatic heterocycles. The molecule has 0 fully saturated rings. The van der Waals surface area contributed by atoms with Gasteiger partial charge in [-0.05, 0) is 23.8 Å². The lowest BCUT2D eigenvalue weighted by molar-refractivity contribution is -0.387. The summed E-state index contributed by atoms with van der Waals surface area (Å²) in [5, 5.41) is 11.6. The van der Waals surface area contributed by atoms with E-state index < -0.39 is 20.6 Å². The van der Waals surface area contributed by atoms with E-state index in [0.29, 0.717) is 15.6 Å². The van der Waals surface area contributed by atoms with Crippen LogP contribution >= 0.6 is 23.2 Å². The molecule has 22 heavy (non-hydrogen) atoms. The van der Waals surface area contributed by atoms with Crippen molar-refractivity contribution in [1.29, 1.82) is 0 Å². The van der Waals surface area contributed by atoms with Crippen LogP contribution in [0.5, 0.6) is 0 Å². The molecule has 0 saturated heterocycles. The molecule has 6 nitrogen and oxygen atoms in total. The van der Waals surface area contributed by atoms with Crippen LogP contribution in [0.15, 0.2) is 47.4 Å². The van der Waals surface area contributed by atoms with E-state index in [-0.39, 0.29) is 11.4 Å². The lowest BCUT2D eigenvalue weighted by Crippen LogP contribution is -2.24. The van der Waals surface area contributed by atoms with Crippen LogP contribution < -0.4 is 4.72 Å². The topological polar surface area (TPSA) is 89.3 Å². The average molecular weight is 361 g/mol. The first-order chi connectivity index (χ1) is 10.3. The van der Waals surface area contributed by atoms with Crippen LogP contribution in [0.2, 0.25) is 10.0 Å². The fraction of sp³-hybridized carbons (Fsp3) is 0.0769. The Hall–Kier alpha value is -1.67. The van der Waals surface area contributed by atoms with Crippen LogP contribution in [0.25, 0.3) is 0 Å². The van der Waals surface area contributed by atoms with Crippen LogP contribution in [0.4, 0.5) is 5.69 Å². The third-order valence-corrected chi connectivity index (χ3v) is 4.99. The van der Waals surface area contributed by atoms with Crippen molar-refractivity contribution in [1.82, 2.24) is 4.72 Å². The lowest BCUT2D eigenvalue weighted by atomic mass is 10.2. The van der Waals surface area contributed by atoms with E-state index in [1.807, 2.05) is 0 Å². The monoisotopic (exact) mass is 360 g/mol. The zero-order valence-electron chi connectivity index (χ0n) is 11.0. The zero-order valence-corrected chi connectivity index (χ0v) is 13.3. The highest BCUT2D eigenvalue weighted by molar-refractivity contribution is 7.89. The molecule has 116 valence electrons. The van der Waals surface area contributed by atoms with Crippen molar-refractivity contribution in [2.24, 2.45) is 0 Å². The number of rotatable bonds is 5. The second-order valence-electron chi connectivity index (χ2n) is 4.30. The van der Waals surface area contributed by atoms with Gasteiger partial charge in [0.15, 0.2) is 4.90 Å². The molecule has 0 atom stereocenters. The number of nitro groups is 1. The molecule has 0 saturated carbocycles. The van der Waals surface area contributed by atoms with Gasteiger partial charge in [-0.1, -0.05) is 41.4 Å². The summed E-state index contributed by atoms with van der Waals surface area (Å²) in [5.41, 5.74) is 0.0979. The number of halogens is 2. The standard InChI is InChI=1S/C13H10Cl2N2O4S/c14-10-6-5-9(7-11(10)15)8-16-22(20,21)13-4-2-1-3-12(13)17(18)19/h1-7,16H,8H2. The molecular weight excluding hydrogens is 351 g/mol. The van der Waals surface area contributed by atoms with Crippen molar-refractivity contribution in [2.75, 3.05) is 0 Å². The predicted molar refractivity (Wildman–Crippen MR) is 83.6 cm³/mol. The zero-order chi connectivity index (χ0) is 16.3. The normalized spacial score (nSPS) is 11.4. The predicted octanol–water partition coefficient (Wildman–Crippen LogP) is 3.38. The average Bonchev–Trinajstić information content (AvgIpc) is 2.48. The number of nitro benzene ring substituents is 1. The molecule has 0 unspecified atom stereocenters. The molecule has 1 N–H and O–H groups in total. The van der Waals surface area contributed by atoms with E-state index in [1.54, 1.807) is 12.1 Å².